The fraction of sp³-hybridized carbons (Fsp3) is 0.167. The highest BCUT2D eigenvalue weighted by atomic mass is 35.5. The molecular weight excluding hydrogens is 317 g/mol. The topological polar surface area (TPSA) is 89.6 Å². The van der Waals surface area contributed by atoms with Gasteiger partial charge in [0.25, 0.3) is 5.82 Å². The third-order valence-electron chi connectivity index (χ3n) is 2.99. The van der Waals surface area contributed by atoms with Crippen LogP contribution in [0.15, 0.2) is 24.4 Å². The molecule has 2 aromatic heterocycles. The third-order valence-corrected chi connectivity index (χ3v) is 3.39. The van der Waals surface area contributed by atoms with E-state index in [0.29, 0.717) is 22.2 Å². The molecule has 0 aliphatic rings. The Kier molecular flexibility index (Phi) is 3.52. The van der Waals surface area contributed by atoms with E-state index >= 15 is 0 Å². The lowest BCUT2D eigenvalue weighted by molar-refractivity contribution is -0.392. The van der Waals surface area contributed by atoms with E-state index in [4.69, 9.17) is 23.2 Å². The van der Waals surface area contributed by atoms with Crippen LogP contribution >= 0.6 is 23.2 Å². The number of hydrogen-bond acceptors (Lipinski definition) is 4. The van der Waals surface area contributed by atoms with Crippen LogP contribution in [0.4, 0.5) is 5.82 Å². The molecule has 1 N–H and O–H groups in total. The summed E-state index contributed by atoms with van der Waals surface area (Å²) in [6, 6.07) is 5.22. The highest BCUT2D eigenvalue weighted by Crippen LogP contribution is 2.25. The van der Waals surface area contributed by atoms with Crippen molar-refractivity contribution in [2.24, 2.45) is 0 Å². The Morgan fingerprint density at radius 1 is 1.43 bits per heavy atom. The first kappa shape index (κ1) is 13.8. The van der Waals surface area contributed by atoms with Gasteiger partial charge in [-0.05, 0) is 23.1 Å². The van der Waals surface area contributed by atoms with Crippen LogP contribution in [0.3, 0.4) is 0 Å². The molecule has 1 aromatic carbocycles. The van der Waals surface area contributed by atoms with Gasteiger partial charge in [-0.15, -0.1) is 11.6 Å². The summed E-state index contributed by atoms with van der Waals surface area (Å²) >= 11 is 11.6. The van der Waals surface area contributed by atoms with E-state index in [1.807, 2.05) is 0 Å². The summed E-state index contributed by atoms with van der Waals surface area (Å²) in [6.45, 7) is 0.269. The molecule has 0 radical (unpaired) electrons. The number of nitrogens with one attached hydrogen (secondary N) is 1. The van der Waals surface area contributed by atoms with E-state index in [1.54, 1.807) is 18.2 Å². The number of alkyl halides is 1. The maximum atomic E-state index is 11.0. The summed E-state index contributed by atoms with van der Waals surface area (Å²) in [7, 11) is 0. The first-order valence-corrected chi connectivity index (χ1v) is 6.93. The van der Waals surface area contributed by atoms with Crippen molar-refractivity contribution in [3.8, 4) is 11.6 Å². The number of benzene rings is 1. The highest BCUT2D eigenvalue weighted by molar-refractivity contribution is 6.31. The van der Waals surface area contributed by atoms with Crippen LogP contribution in [0.25, 0.3) is 22.7 Å². The first-order chi connectivity index (χ1) is 10.1. The number of nitrogens with zero attached hydrogens (tertiary/aromatic N) is 4. The van der Waals surface area contributed by atoms with Gasteiger partial charge in [0.05, 0.1) is 16.9 Å². The average molecular weight is 326 g/mol. The van der Waals surface area contributed by atoms with Gasteiger partial charge in [0.1, 0.15) is 12.7 Å². The lowest BCUT2D eigenvalue weighted by atomic mass is 10.3. The van der Waals surface area contributed by atoms with Crippen LogP contribution in [0.1, 0.15) is 0 Å². The normalized spacial score (nSPS) is 11.1. The van der Waals surface area contributed by atoms with Crippen LogP contribution < -0.4 is 0 Å². The predicted octanol–water partition coefficient (Wildman–Crippen LogP) is 3.23. The van der Waals surface area contributed by atoms with E-state index in [9.17, 15) is 10.1 Å². The van der Waals surface area contributed by atoms with Gasteiger partial charge >= 0.3 is 5.82 Å². The van der Waals surface area contributed by atoms with Crippen LogP contribution in [0.2, 0.25) is 5.02 Å². The molecule has 0 amide bonds. The Morgan fingerprint density at radius 2 is 2.24 bits per heavy atom. The summed E-state index contributed by atoms with van der Waals surface area (Å²) < 4.78 is 1.42. The number of H-pyrrole nitrogens is 1. The van der Waals surface area contributed by atoms with Crippen molar-refractivity contribution in [2.45, 2.75) is 6.54 Å². The molecule has 3 rings (SSSR count). The molecule has 2 heterocycles. The third kappa shape index (κ3) is 2.45. The van der Waals surface area contributed by atoms with E-state index < -0.39 is 4.92 Å². The zero-order valence-electron chi connectivity index (χ0n) is 10.6. The summed E-state index contributed by atoms with van der Waals surface area (Å²) in [5, 5.41) is 11.6. The summed E-state index contributed by atoms with van der Waals surface area (Å²) in [4.78, 5) is 22.0. The van der Waals surface area contributed by atoms with Gasteiger partial charge in [-0.2, -0.15) is 0 Å². The quantitative estimate of drug-likeness (QED) is 0.453. The highest BCUT2D eigenvalue weighted by Gasteiger charge is 2.23. The lowest BCUT2D eigenvalue weighted by Crippen LogP contribution is -2.06. The molecule has 0 unspecified atom stereocenters. The molecule has 0 saturated heterocycles. The zero-order chi connectivity index (χ0) is 15.0. The Balaban J connectivity index is 2.15. The molecule has 0 bridgehead atoms. The second-order valence-corrected chi connectivity index (χ2v) is 5.10. The summed E-state index contributed by atoms with van der Waals surface area (Å²) in [5.41, 5.74) is 1.44. The van der Waals surface area contributed by atoms with Crippen LogP contribution in [-0.4, -0.2) is 30.3 Å². The Morgan fingerprint density at radius 3 is 2.95 bits per heavy atom. The zero-order valence-corrected chi connectivity index (χ0v) is 12.1. The Labute approximate surface area is 128 Å². The van der Waals surface area contributed by atoms with Gasteiger partial charge in [0, 0.05) is 5.02 Å². The number of imidazole rings is 2. The molecular formula is C12H9Cl2N5O2. The second kappa shape index (κ2) is 5.34. The van der Waals surface area contributed by atoms with E-state index in [2.05, 4.69) is 15.0 Å². The number of nitro groups is 1. The van der Waals surface area contributed by atoms with Gasteiger partial charge in [-0.3, -0.25) is 0 Å². The van der Waals surface area contributed by atoms with Gasteiger partial charge < -0.3 is 15.1 Å². The standard InChI is InChI=1S/C12H9Cl2N5O2/c13-3-4-18-10(19(20)21)6-15-12(18)11-16-8-2-1-7(14)5-9(8)17-11/h1-2,5-6H,3-4H2,(H,16,17). The van der Waals surface area contributed by atoms with Crippen LogP contribution in [-0.2, 0) is 6.54 Å². The number of aromatic nitrogens is 4. The molecule has 21 heavy (non-hydrogen) atoms. The number of halogens is 2. The van der Waals surface area contributed by atoms with Gasteiger partial charge in [0.2, 0.25) is 0 Å². The van der Waals surface area contributed by atoms with E-state index in [1.165, 1.54) is 10.8 Å². The summed E-state index contributed by atoms with van der Waals surface area (Å²) in [5.74, 6) is 0.917. The maximum Gasteiger partial charge on any atom is 0.343 e. The molecule has 7 nitrogen and oxygen atoms in total. The fourth-order valence-corrected chi connectivity index (χ4v) is 2.44. The minimum Gasteiger partial charge on any atom is -0.358 e. The first-order valence-electron chi connectivity index (χ1n) is 6.01. The fourth-order valence-electron chi connectivity index (χ4n) is 2.09. The molecule has 0 aliphatic carbocycles. The molecule has 3 aromatic rings. The molecule has 0 fully saturated rings. The predicted molar refractivity (Wildman–Crippen MR) is 79.7 cm³/mol. The van der Waals surface area contributed by atoms with Crippen molar-refractivity contribution in [1.82, 2.24) is 19.5 Å². The van der Waals surface area contributed by atoms with Crippen molar-refractivity contribution in [1.29, 1.82) is 0 Å². The Hall–Kier alpha value is -2.12. The molecule has 0 spiro atoms. The van der Waals surface area contributed by atoms with Crippen molar-refractivity contribution < 1.29 is 4.92 Å². The van der Waals surface area contributed by atoms with Crippen molar-refractivity contribution >= 4 is 40.1 Å². The minimum absolute atomic E-state index is 0.121. The van der Waals surface area contributed by atoms with Crippen molar-refractivity contribution in [2.75, 3.05) is 5.88 Å². The average Bonchev–Trinajstić information content (AvgIpc) is 3.01. The SMILES string of the molecule is O=[N+]([O-])c1cnc(-c2nc3ccc(Cl)cc3[nH]2)n1CCCl. The molecule has 0 atom stereocenters. The van der Waals surface area contributed by atoms with E-state index in [-0.39, 0.29) is 18.2 Å². The number of hydrogen-bond donors (Lipinski definition) is 1. The van der Waals surface area contributed by atoms with Gasteiger partial charge in [0.15, 0.2) is 5.82 Å². The number of aromatic amines is 1. The molecule has 108 valence electrons. The molecule has 9 heteroatoms. The largest absolute Gasteiger partial charge is 0.358 e. The van der Waals surface area contributed by atoms with Crippen molar-refractivity contribution in [3.63, 3.8) is 0 Å². The second-order valence-electron chi connectivity index (χ2n) is 4.28. The monoisotopic (exact) mass is 325 g/mol. The number of rotatable bonds is 4. The smallest absolute Gasteiger partial charge is 0.343 e. The van der Waals surface area contributed by atoms with Gasteiger partial charge in [-0.25, -0.2) is 14.5 Å². The summed E-state index contributed by atoms with van der Waals surface area (Å²) in [6.07, 6.45) is 1.20. The van der Waals surface area contributed by atoms with Crippen molar-refractivity contribution in [3.05, 3.63) is 39.5 Å². The molecule has 0 saturated carbocycles. The lowest BCUT2D eigenvalue weighted by Gasteiger charge is -2.00. The van der Waals surface area contributed by atoms with E-state index in [0.717, 1.165) is 5.52 Å². The minimum atomic E-state index is -0.497. The van der Waals surface area contributed by atoms with Crippen LogP contribution in [0, 0.1) is 10.1 Å². The maximum absolute atomic E-state index is 11.0. The van der Waals surface area contributed by atoms with Crippen LogP contribution in [0.5, 0.6) is 0 Å². The molecule has 0 aliphatic heterocycles. The number of fused-ring (bicyclic) bond motifs is 1. The Bertz CT molecular complexity index is 826. The van der Waals surface area contributed by atoms with Gasteiger partial charge in [-0.1, -0.05) is 11.6 Å².